The minimum Gasteiger partial charge on any atom is -0.479 e. The van der Waals surface area contributed by atoms with Gasteiger partial charge in [-0.25, -0.2) is 0 Å². The molecule has 108 valence electrons. The van der Waals surface area contributed by atoms with E-state index in [0.29, 0.717) is 5.75 Å². The van der Waals surface area contributed by atoms with Gasteiger partial charge >= 0.3 is 0 Å². The van der Waals surface area contributed by atoms with Crippen LogP contribution in [0.5, 0.6) is 5.75 Å². The predicted molar refractivity (Wildman–Crippen MR) is 77.3 cm³/mol. The molecule has 1 aromatic carbocycles. The van der Waals surface area contributed by atoms with Crippen LogP contribution >= 0.6 is 0 Å². The van der Waals surface area contributed by atoms with Gasteiger partial charge in [0, 0.05) is 20.1 Å². The molecule has 0 aliphatic heterocycles. The first kappa shape index (κ1) is 16.0. The van der Waals surface area contributed by atoms with E-state index in [2.05, 4.69) is 5.32 Å². The van der Waals surface area contributed by atoms with Gasteiger partial charge in [0.2, 0.25) is 5.91 Å². The summed E-state index contributed by atoms with van der Waals surface area (Å²) in [6, 6.07) is 9.24. The van der Waals surface area contributed by atoms with E-state index >= 15 is 0 Å². The van der Waals surface area contributed by atoms with Crippen LogP contribution in [0, 0.1) is 11.3 Å². The summed E-state index contributed by atoms with van der Waals surface area (Å²) in [5.74, 6) is 0.714. The summed E-state index contributed by atoms with van der Waals surface area (Å²) in [7, 11) is 3.49. The normalized spacial score (nSPS) is 13.2. The second-order valence-corrected chi connectivity index (χ2v) is 4.86. The van der Waals surface area contributed by atoms with Crippen LogP contribution in [0.25, 0.3) is 0 Å². The SMILES string of the molecule is CC(NC(C)c1ccc(OCC#N)cc1)C(=O)N(C)C. The molecule has 0 aliphatic carbocycles. The number of carbonyl (C=O) groups excluding carboxylic acids is 1. The molecule has 0 heterocycles. The largest absolute Gasteiger partial charge is 0.479 e. The van der Waals surface area contributed by atoms with E-state index in [4.69, 9.17) is 10.00 Å². The number of nitrogens with zero attached hydrogens (tertiary/aromatic N) is 2. The van der Waals surface area contributed by atoms with Gasteiger partial charge in [-0.05, 0) is 31.5 Å². The Bertz CT molecular complexity index is 477. The smallest absolute Gasteiger partial charge is 0.238 e. The summed E-state index contributed by atoms with van der Waals surface area (Å²) in [5.41, 5.74) is 1.06. The van der Waals surface area contributed by atoms with Crippen molar-refractivity contribution >= 4 is 5.91 Å². The zero-order chi connectivity index (χ0) is 15.1. The lowest BCUT2D eigenvalue weighted by molar-refractivity contribution is -0.130. The Kier molecular flexibility index (Phi) is 6.01. The summed E-state index contributed by atoms with van der Waals surface area (Å²) in [5, 5.41) is 11.7. The van der Waals surface area contributed by atoms with E-state index in [1.165, 1.54) is 0 Å². The van der Waals surface area contributed by atoms with Crippen molar-refractivity contribution in [2.24, 2.45) is 0 Å². The number of likely N-dealkylation sites (N-methyl/N-ethyl adjacent to an activating group) is 1. The van der Waals surface area contributed by atoms with Crippen molar-refractivity contribution in [3.05, 3.63) is 29.8 Å². The van der Waals surface area contributed by atoms with Gasteiger partial charge in [-0.2, -0.15) is 5.26 Å². The Balaban J connectivity index is 2.61. The van der Waals surface area contributed by atoms with E-state index in [9.17, 15) is 4.79 Å². The van der Waals surface area contributed by atoms with Crippen LogP contribution in [0.1, 0.15) is 25.5 Å². The lowest BCUT2D eigenvalue weighted by Crippen LogP contribution is -2.42. The Hall–Kier alpha value is -2.06. The molecule has 0 spiro atoms. The third-order valence-corrected chi connectivity index (χ3v) is 2.99. The van der Waals surface area contributed by atoms with Gasteiger partial charge in [0.1, 0.15) is 11.8 Å². The van der Waals surface area contributed by atoms with Gasteiger partial charge in [0.15, 0.2) is 6.61 Å². The molecule has 1 N–H and O–H groups in total. The van der Waals surface area contributed by atoms with Crippen molar-refractivity contribution in [3.8, 4) is 11.8 Å². The molecular formula is C15H21N3O2. The van der Waals surface area contributed by atoms with Crippen molar-refractivity contribution in [3.63, 3.8) is 0 Å². The molecule has 2 atom stereocenters. The van der Waals surface area contributed by atoms with E-state index < -0.39 is 0 Å². The molecule has 20 heavy (non-hydrogen) atoms. The quantitative estimate of drug-likeness (QED) is 0.858. The predicted octanol–water partition coefficient (Wildman–Crippen LogP) is 1.72. The summed E-state index contributed by atoms with van der Waals surface area (Å²) >= 11 is 0. The maximum Gasteiger partial charge on any atom is 0.238 e. The average Bonchev–Trinajstić information content (AvgIpc) is 2.44. The number of benzene rings is 1. The number of rotatable bonds is 6. The molecule has 0 aliphatic rings. The molecule has 0 saturated heterocycles. The zero-order valence-corrected chi connectivity index (χ0v) is 12.4. The molecular weight excluding hydrogens is 254 g/mol. The first-order valence-electron chi connectivity index (χ1n) is 6.52. The molecule has 0 bridgehead atoms. The number of nitriles is 1. The lowest BCUT2D eigenvalue weighted by atomic mass is 10.1. The monoisotopic (exact) mass is 275 g/mol. The third-order valence-electron chi connectivity index (χ3n) is 2.99. The molecule has 1 aromatic rings. The summed E-state index contributed by atoms with van der Waals surface area (Å²) < 4.78 is 5.20. The minimum atomic E-state index is -0.241. The number of hydrogen-bond donors (Lipinski definition) is 1. The Labute approximate surface area is 120 Å². The number of ether oxygens (including phenoxy) is 1. The highest BCUT2D eigenvalue weighted by molar-refractivity contribution is 5.80. The summed E-state index contributed by atoms with van der Waals surface area (Å²) in [4.78, 5) is 13.4. The number of carbonyl (C=O) groups is 1. The van der Waals surface area contributed by atoms with Gasteiger partial charge < -0.3 is 9.64 Å². The Morgan fingerprint density at radius 2 is 1.95 bits per heavy atom. The summed E-state index contributed by atoms with van der Waals surface area (Å²) in [6.45, 7) is 3.90. The molecule has 5 nitrogen and oxygen atoms in total. The molecule has 0 saturated carbocycles. The van der Waals surface area contributed by atoms with Crippen molar-refractivity contribution in [1.29, 1.82) is 5.26 Å². The van der Waals surface area contributed by atoms with Crippen LogP contribution in [0.2, 0.25) is 0 Å². The van der Waals surface area contributed by atoms with Crippen molar-refractivity contribution in [2.45, 2.75) is 25.9 Å². The molecule has 0 radical (unpaired) electrons. The van der Waals surface area contributed by atoms with Gasteiger partial charge in [0.25, 0.3) is 0 Å². The van der Waals surface area contributed by atoms with Crippen LogP contribution in [-0.2, 0) is 4.79 Å². The van der Waals surface area contributed by atoms with Crippen LogP contribution in [-0.4, -0.2) is 37.6 Å². The van der Waals surface area contributed by atoms with Gasteiger partial charge in [-0.3, -0.25) is 10.1 Å². The van der Waals surface area contributed by atoms with Crippen molar-refractivity contribution < 1.29 is 9.53 Å². The topological polar surface area (TPSA) is 65.4 Å². The fourth-order valence-corrected chi connectivity index (χ4v) is 1.90. The minimum absolute atomic E-state index is 0.0432. The maximum absolute atomic E-state index is 11.8. The molecule has 0 fully saturated rings. The number of amides is 1. The van der Waals surface area contributed by atoms with Crippen LogP contribution in [0.3, 0.4) is 0 Å². The second kappa shape index (κ2) is 7.51. The van der Waals surface area contributed by atoms with Crippen LogP contribution in [0.4, 0.5) is 0 Å². The maximum atomic E-state index is 11.8. The van der Waals surface area contributed by atoms with Gasteiger partial charge in [-0.15, -0.1) is 0 Å². The fourth-order valence-electron chi connectivity index (χ4n) is 1.90. The lowest BCUT2D eigenvalue weighted by Gasteiger charge is -2.22. The number of nitrogens with one attached hydrogen (secondary N) is 1. The Morgan fingerprint density at radius 1 is 1.35 bits per heavy atom. The first-order chi connectivity index (χ1) is 9.45. The average molecular weight is 275 g/mol. The zero-order valence-electron chi connectivity index (χ0n) is 12.4. The third kappa shape index (κ3) is 4.56. The van der Waals surface area contributed by atoms with Crippen molar-refractivity contribution in [2.75, 3.05) is 20.7 Å². The summed E-state index contributed by atoms with van der Waals surface area (Å²) in [6.07, 6.45) is 0. The molecule has 5 heteroatoms. The van der Waals surface area contributed by atoms with Crippen molar-refractivity contribution in [1.82, 2.24) is 10.2 Å². The molecule has 2 unspecified atom stereocenters. The van der Waals surface area contributed by atoms with Gasteiger partial charge in [-0.1, -0.05) is 12.1 Å². The Morgan fingerprint density at radius 3 is 2.45 bits per heavy atom. The van der Waals surface area contributed by atoms with Crippen LogP contribution < -0.4 is 10.1 Å². The highest BCUT2D eigenvalue weighted by Gasteiger charge is 2.17. The fraction of sp³-hybridized carbons (Fsp3) is 0.467. The second-order valence-electron chi connectivity index (χ2n) is 4.86. The van der Waals surface area contributed by atoms with E-state index in [1.54, 1.807) is 19.0 Å². The molecule has 0 aromatic heterocycles. The van der Waals surface area contributed by atoms with E-state index in [1.807, 2.05) is 44.2 Å². The highest BCUT2D eigenvalue weighted by Crippen LogP contribution is 2.18. The standard InChI is InChI=1S/C15H21N3O2/c1-11(17-12(2)15(19)18(3)4)13-5-7-14(8-6-13)20-10-9-16/h5-8,11-12,17H,10H2,1-4H3. The number of hydrogen-bond acceptors (Lipinski definition) is 4. The highest BCUT2D eigenvalue weighted by atomic mass is 16.5. The molecule has 1 amide bonds. The van der Waals surface area contributed by atoms with Gasteiger partial charge in [0.05, 0.1) is 6.04 Å². The molecule has 1 rings (SSSR count). The van der Waals surface area contributed by atoms with E-state index in [0.717, 1.165) is 5.56 Å². The van der Waals surface area contributed by atoms with E-state index in [-0.39, 0.29) is 24.6 Å². The first-order valence-corrected chi connectivity index (χ1v) is 6.52. The van der Waals surface area contributed by atoms with Crippen LogP contribution in [0.15, 0.2) is 24.3 Å².